The van der Waals surface area contributed by atoms with Gasteiger partial charge in [0.2, 0.25) is 5.91 Å². The number of amides is 1. The smallest absolute Gasteiger partial charge is 0.416 e. The minimum atomic E-state index is -4.54. The summed E-state index contributed by atoms with van der Waals surface area (Å²) in [5.41, 5.74) is -1.03. The van der Waals surface area contributed by atoms with Gasteiger partial charge in [-0.2, -0.15) is 13.2 Å². The summed E-state index contributed by atoms with van der Waals surface area (Å²) in [5, 5.41) is 2.39. The molecule has 2 heterocycles. The number of nitrogens with one attached hydrogen (secondary N) is 2. The first kappa shape index (κ1) is 19.0. The molecule has 2 N–H and O–H groups in total. The van der Waals surface area contributed by atoms with Gasteiger partial charge in [-0.05, 0) is 31.0 Å². The number of hydrogen-bond acceptors (Lipinski definition) is 3. The van der Waals surface area contributed by atoms with Gasteiger partial charge in [-0.25, -0.2) is 4.79 Å². The number of carbonyl (C=O) groups is 2. The molecule has 2 saturated heterocycles. The van der Waals surface area contributed by atoms with Gasteiger partial charge in [-0.1, -0.05) is 11.6 Å². The number of ether oxygens (including phenoxy) is 1. The second kappa shape index (κ2) is 7.44. The second-order valence-electron chi connectivity index (χ2n) is 6.64. The van der Waals surface area contributed by atoms with Crippen LogP contribution in [-0.2, 0) is 20.5 Å². The third-order valence-electron chi connectivity index (χ3n) is 4.91. The number of rotatable bonds is 3. The van der Waals surface area contributed by atoms with Gasteiger partial charge in [0.1, 0.15) is 12.6 Å². The maximum atomic E-state index is 12.8. The molecule has 0 radical (unpaired) electrons. The number of benzene rings is 1. The summed E-state index contributed by atoms with van der Waals surface area (Å²) in [6, 6.07) is 2.26. The topological polar surface area (TPSA) is 59.8 Å². The number of carbonyl (C=O) groups excluding carboxylic acids is 2. The van der Waals surface area contributed by atoms with Gasteiger partial charge in [0.05, 0.1) is 29.2 Å². The molecule has 1 aromatic carbocycles. The van der Waals surface area contributed by atoms with E-state index in [1.54, 1.807) is 0 Å². The normalized spacial score (nSPS) is 26.0. The molecule has 0 bridgehead atoms. The number of piperidine rings is 1. The number of fused-ring (bicyclic) bond motifs is 1. The molecule has 1 unspecified atom stereocenters. The summed E-state index contributed by atoms with van der Waals surface area (Å²) in [7, 11) is 0. The van der Waals surface area contributed by atoms with Crippen molar-refractivity contribution in [1.29, 1.82) is 0 Å². The van der Waals surface area contributed by atoms with E-state index in [9.17, 15) is 22.8 Å². The van der Waals surface area contributed by atoms with Gasteiger partial charge in [-0.3, -0.25) is 4.79 Å². The van der Waals surface area contributed by atoms with Crippen molar-refractivity contribution in [3.63, 3.8) is 0 Å². The van der Waals surface area contributed by atoms with Gasteiger partial charge >= 0.3 is 12.1 Å². The standard InChI is InChI=1S/C17H18ClF3N2O3/c18-12-5-4-10(17(19,20)21)7-13(12)22-15(24)8-14-16(25)26-9-11-3-1-2-6-23(11)14/h4-5,7,11,14H,1-3,6,8-9H2,(H,22,24)/p+1/t11-,14-/m1/s1. The summed E-state index contributed by atoms with van der Waals surface area (Å²) in [6.45, 7) is 1.13. The highest BCUT2D eigenvalue weighted by atomic mass is 35.5. The average molecular weight is 392 g/mol. The van der Waals surface area contributed by atoms with Crippen molar-refractivity contribution in [2.45, 2.75) is 43.9 Å². The average Bonchev–Trinajstić information content (AvgIpc) is 2.58. The van der Waals surface area contributed by atoms with Crippen LogP contribution in [0, 0.1) is 0 Å². The molecular weight excluding hydrogens is 373 g/mol. The van der Waals surface area contributed by atoms with Crippen LogP contribution < -0.4 is 10.2 Å². The molecule has 3 atom stereocenters. The molecule has 9 heteroatoms. The Morgan fingerprint density at radius 1 is 1.35 bits per heavy atom. The van der Waals surface area contributed by atoms with Crippen LogP contribution in [0.4, 0.5) is 18.9 Å². The highest BCUT2D eigenvalue weighted by Crippen LogP contribution is 2.33. The van der Waals surface area contributed by atoms with Crippen LogP contribution in [0.1, 0.15) is 31.2 Å². The SMILES string of the molecule is O=C(C[C@@H]1C(=O)OC[C@H]2CCCC[NH+]21)Nc1cc(C(F)(F)F)ccc1Cl. The zero-order valence-electron chi connectivity index (χ0n) is 13.9. The molecule has 142 valence electrons. The summed E-state index contributed by atoms with van der Waals surface area (Å²) in [6.07, 6.45) is -1.74. The third-order valence-corrected chi connectivity index (χ3v) is 5.24. The molecule has 2 fully saturated rings. The van der Waals surface area contributed by atoms with Crippen LogP contribution in [0.2, 0.25) is 5.02 Å². The molecule has 5 nitrogen and oxygen atoms in total. The van der Waals surface area contributed by atoms with E-state index in [2.05, 4.69) is 5.32 Å². The number of anilines is 1. The van der Waals surface area contributed by atoms with Crippen molar-refractivity contribution in [2.75, 3.05) is 18.5 Å². The van der Waals surface area contributed by atoms with Crippen molar-refractivity contribution in [1.82, 2.24) is 0 Å². The fraction of sp³-hybridized carbons (Fsp3) is 0.529. The minimum Gasteiger partial charge on any atom is -0.455 e. The molecule has 26 heavy (non-hydrogen) atoms. The van der Waals surface area contributed by atoms with Crippen LogP contribution in [0.3, 0.4) is 0 Å². The molecule has 0 aliphatic carbocycles. The Kier molecular flexibility index (Phi) is 5.43. The monoisotopic (exact) mass is 391 g/mol. The summed E-state index contributed by atoms with van der Waals surface area (Å²) in [4.78, 5) is 25.5. The summed E-state index contributed by atoms with van der Waals surface area (Å²) >= 11 is 5.89. The highest BCUT2D eigenvalue weighted by Gasteiger charge is 2.44. The molecule has 1 aromatic rings. The summed E-state index contributed by atoms with van der Waals surface area (Å²) in [5.74, 6) is -1.00. The first-order valence-corrected chi connectivity index (χ1v) is 8.82. The Morgan fingerprint density at radius 3 is 2.85 bits per heavy atom. The van der Waals surface area contributed by atoms with Crippen LogP contribution in [0.25, 0.3) is 0 Å². The molecule has 0 saturated carbocycles. The van der Waals surface area contributed by atoms with E-state index in [0.29, 0.717) is 6.61 Å². The lowest BCUT2D eigenvalue weighted by Crippen LogP contribution is -3.22. The van der Waals surface area contributed by atoms with Crippen molar-refractivity contribution in [3.05, 3.63) is 28.8 Å². The lowest BCUT2D eigenvalue weighted by molar-refractivity contribution is -0.951. The molecule has 2 aliphatic rings. The second-order valence-corrected chi connectivity index (χ2v) is 7.05. The lowest BCUT2D eigenvalue weighted by atomic mass is 9.97. The number of esters is 1. The van der Waals surface area contributed by atoms with Crippen molar-refractivity contribution < 1.29 is 32.4 Å². The van der Waals surface area contributed by atoms with E-state index in [0.717, 1.165) is 48.9 Å². The van der Waals surface area contributed by atoms with E-state index in [1.165, 1.54) is 0 Å². The van der Waals surface area contributed by atoms with Gasteiger partial charge in [-0.15, -0.1) is 0 Å². The molecule has 0 aromatic heterocycles. The number of morpholine rings is 1. The molecule has 1 amide bonds. The van der Waals surface area contributed by atoms with Gasteiger partial charge in [0.25, 0.3) is 0 Å². The fourth-order valence-corrected chi connectivity index (χ4v) is 3.76. The van der Waals surface area contributed by atoms with Crippen LogP contribution in [-0.4, -0.2) is 37.1 Å². The van der Waals surface area contributed by atoms with Crippen molar-refractivity contribution >= 4 is 29.2 Å². The van der Waals surface area contributed by atoms with E-state index in [-0.39, 0.29) is 23.2 Å². The molecule has 3 rings (SSSR count). The molecule has 2 aliphatic heterocycles. The number of halogens is 4. The van der Waals surface area contributed by atoms with Gasteiger partial charge in [0, 0.05) is 6.42 Å². The third kappa shape index (κ3) is 4.12. The van der Waals surface area contributed by atoms with E-state index >= 15 is 0 Å². The fourth-order valence-electron chi connectivity index (χ4n) is 3.59. The Hall–Kier alpha value is -1.80. The number of cyclic esters (lactones) is 1. The lowest BCUT2D eigenvalue weighted by Gasteiger charge is -2.40. The Labute approximate surface area is 153 Å². The number of alkyl halides is 3. The largest absolute Gasteiger partial charge is 0.455 e. The Morgan fingerprint density at radius 2 is 2.12 bits per heavy atom. The Bertz CT molecular complexity index is 711. The maximum absolute atomic E-state index is 12.8. The molecule has 0 spiro atoms. The van der Waals surface area contributed by atoms with Crippen molar-refractivity contribution in [2.24, 2.45) is 0 Å². The zero-order valence-corrected chi connectivity index (χ0v) is 14.6. The number of hydrogen-bond donors (Lipinski definition) is 2. The van der Waals surface area contributed by atoms with Crippen LogP contribution in [0.15, 0.2) is 18.2 Å². The zero-order chi connectivity index (χ0) is 18.9. The van der Waals surface area contributed by atoms with Crippen molar-refractivity contribution in [3.8, 4) is 0 Å². The first-order valence-electron chi connectivity index (χ1n) is 8.44. The van der Waals surface area contributed by atoms with E-state index in [4.69, 9.17) is 16.3 Å². The van der Waals surface area contributed by atoms with Gasteiger partial charge in [0.15, 0.2) is 6.04 Å². The maximum Gasteiger partial charge on any atom is 0.416 e. The Balaban J connectivity index is 1.71. The summed E-state index contributed by atoms with van der Waals surface area (Å²) < 4.78 is 43.7. The predicted octanol–water partition coefficient (Wildman–Crippen LogP) is 2.05. The number of quaternary nitrogens is 1. The highest BCUT2D eigenvalue weighted by molar-refractivity contribution is 6.33. The van der Waals surface area contributed by atoms with Crippen LogP contribution >= 0.6 is 11.6 Å². The quantitative estimate of drug-likeness (QED) is 0.775. The minimum absolute atomic E-state index is 0.000710. The molecular formula is C17H19ClF3N2O3+. The van der Waals surface area contributed by atoms with E-state index in [1.807, 2.05) is 0 Å². The first-order chi connectivity index (χ1) is 12.3. The van der Waals surface area contributed by atoms with E-state index < -0.39 is 29.7 Å². The predicted molar refractivity (Wildman–Crippen MR) is 87.9 cm³/mol. The van der Waals surface area contributed by atoms with Gasteiger partial charge < -0.3 is 15.0 Å². The van der Waals surface area contributed by atoms with Crippen LogP contribution in [0.5, 0.6) is 0 Å².